The van der Waals surface area contributed by atoms with Crippen LogP contribution in [0.4, 0.5) is 5.69 Å². The number of sulfonamides is 1. The van der Waals surface area contributed by atoms with E-state index in [9.17, 15) is 18.0 Å². The molecule has 0 amide bonds. The number of carbonyl (C=O) groups excluding carboxylic acids is 2. The fraction of sp³-hybridized carbons (Fsp3) is 0.350. The lowest BCUT2D eigenvalue weighted by Crippen LogP contribution is -2.34. The Bertz CT molecular complexity index is 1040. The predicted octanol–water partition coefficient (Wildman–Crippen LogP) is 2.23. The minimum Gasteiger partial charge on any atom is -0.477 e. The second-order valence-corrected chi connectivity index (χ2v) is 8.48. The Kier molecular flexibility index (Phi) is 6.17. The molecule has 0 atom stereocenters. The van der Waals surface area contributed by atoms with Gasteiger partial charge in [-0.3, -0.25) is 9.10 Å². The molecule has 2 heterocycles. The second kappa shape index (κ2) is 8.60. The Labute approximate surface area is 169 Å². The number of carbonyl (C=O) groups is 2. The molecule has 0 fully saturated rings. The van der Waals surface area contributed by atoms with Crippen molar-refractivity contribution in [2.24, 2.45) is 0 Å². The number of pyridine rings is 1. The van der Waals surface area contributed by atoms with Crippen molar-refractivity contribution in [3.63, 3.8) is 0 Å². The first kappa shape index (κ1) is 20.8. The molecule has 1 aromatic carbocycles. The van der Waals surface area contributed by atoms with Crippen molar-refractivity contribution in [3.8, 4) is 5.88 Å². The number of hydrogen-bond acceptors (Lipinski definition) is 7. The topological polar surface area (TPSA) is 103 Å². The zero-order valence-corrected chi connectivity index (χ0v) is 17.1. The number of Topliss-reactive ketones (excluding diaryl/α,β-unsaturated/α-hetero) is 1. The number of ketones is 1. The average molecular weight is 418 g/mol. The number of ether oxygens (including phenoxy) is 2. The van der Waals surface area contributed by atoms with Gasteiger partial charge in [0.2, 0.25) is 15.9 Å². The third kappa shape index (κ3) is 4.73. The summed E-state index contributed by atoms with van der Waals surface area (Å²) in [5.41, 5.74) is 1.88. The monoisotopic (exact) mass is 418 g/mol. The summed E-state index contributed by atoms with van der Waals surface area (Å²) in [7, 11) is -3.37. The molecule has 0 unspecified atom stereocenters. The number of aromatic nitrogens is 1. The highest BCUT2D eigenvalue weighted by atomic mass is 32.2. The van der Waals surface area contributed by atoms with Gasteiger partial charge in [0, 0.05) is 18.3 Å². The Balaban J connectivity index is 1.71. The number of benzene rings is 1. The van der Waals surface area contributed by atoms with Crippen molar-refractivity contribution in [1.82, 2.24) is 4.98 Å². The van der Waals surface area contributed by atoms with Crippen molar-refractivity contribution >= 4 is 27.5 Å². The highest BCUT2D eigenvalue weighted by Crippen LogP contribution is 2.30. The summed E-state index contributed by atoms with van der Waals surface area (Å²) < 4.78 is 35.7. The third-order valence-corrected chi connectivity index (χ3v) is 5.66. The summed E-state index contributed by atoms with van der Waals surface area (Å²) in [5.74, 6) is -0.919. The molecule has 0 saturated heterocycles. The molecule has 2 aromatic rings. The molecule has 0 radical (unpaired) electrons. The maximum Gasteiger partial charge on any atom is 0.344 e. The van der Waals surface area contributed by atoms with Crippen LogP contribution in [0.5, 0.6) is 5.88 Å². The van der Waals surface area contributed by atoms with Gasteiger partial charge >= 0.3 is 5.97 Å². The third-order valence-electron chi connectivity index (χ3n) is 4.48. The molecule has 0 saturated carbocycles. The van der Waals surface area contributed by atoms with Gasteiger partial charge in [-0.1, -0.05) is 0 Å². The van der Waals surface area contributed by atoms with E-state index >= 15 is 0 Å². The van der Waals surface area contributed by atoms with Crippen LogP contribution in [0, 0.1) is 0 Å². The Morgan fingerprint density at radius 1 is 1.24 bits per heavy atom. The highest BCUT2D eigenvalue weighted by Gasteiger charge is 2.25. The van der Waals surface area contributed by atoms with Crippen LogP contribution < -0.4 is 9.04 Å². The van der Waals surface area contributed by atoms with E-state index in [-0.39, 0.29) is 17.2 Å². The molecule has 0 bridgehead atoms. The van der Waals surface area contributed by atoms with Crippen LogP contribution in [0.15, 0.2) is 36.5 Å². The zero-order chi connectivity index (χ0) is 21.0. The molecule has 8 nitrogen and oxygen atoms in total. The fourth-order valence-electron chi connectivity index (χ4n) is 3.17. The first-order valence-electron chi connectivity index (χ1n) is 9.20. The number of nitrogens with zero attached hydrogens (tertiary/aromatic N) is 2. The summed E-state index contributed by atoms with van der Waals surface area (Å²) in [6, 6.07) is 7.94. The maximum atomic E-state index is 12.5. The van der Waals surface area contributed by atoms with Gasteiger partial charge < -0.3 is 9.47 Å². The SMILES string of the molecule is CCOc1ncccc1C(=O)OCC(=O)c1ccc2c(c1)CCCN2S(C)(=O)=O. The molecule has 1 aliphatic heterocycles. The largest absolute Gasteiger partial charge is 0.477 e. The van der Waals surface area contributed by atoms with E-state index in [0.29, 0.717) is 37.2 Å². The lowest BCUT2D eigenvalue weighted by Gasteiger charge is -2.29. The number of fused-ring (bicyclic) bond motifs is 1. The number of aryl methyl sites for hydroxylation is 1. The van der Waals surface area contributed by atoms with E-state index in [1.54, 1.807) is 31.2 Å². The van der Waals surface area contributed by atoms with E-state index in [1.165, 1.54) is 16.6 Å². The standard InChI is InChI=1S/C20H22N2O6S/c1-3-27-19-16(7-4-10-21-19)20(24)28-13-18(23)15-8-9-17-14(12-15)6-5-11-22(17)29(2,25)26/h4,7-10,12H,3,5-6,11,13H2,1-2H3. The van der Waals surface area contributed by atoms with Crippen molar-refractivity contribution in [1.29, 1.82) is 0 Å². The molecule has 154 valence electrons. The van der Waals surface area contributed by atoms with Crippen LogP contribution in [0.25, 0.3) is 0 Å². The van der Waals surface area contributed by atoms with Crippen LogP contribution >= 0.6 is 0 Å². The molecule has 0 spiro atoms. The van der Waals surface area contributed by atoms with Crippen LogP contribution in [-0.4, -0.2) is 51.2 Å². The van der Waals surface area contributed by atoms with Gasteiger partial charge in [-0.05, 0) is 55.7 Å². The Morgan fingerprint density at radius 3 is 2.76 bits per heavy atom. The van der Waals surface area contributed by atoms with Crippen LogP contribution in [0.3, 0.4) is 0 Å². The number of anilines is 1. The molecular weight excluding hydrogens is 396 g/mol. The van der Waals surface area contributed by atoms with Crippen molar-refractivity contribution in [3.05, 3.63) is 53.2 Å². The summed E-state index contributed by atoms with van der Waals surface area (Å²) in [4.78, 5) is 28.8. The maximum absolute atomic E-state index is 12.5. The smallest absolute Gasteiger partial charge is 0.344 e. The quantitative estimate of drug-likeness (QED) is 0.502. The molecule has 3 rings (SSSR count). The van der Waals surface area contributed by atoms with Gasteiger partial charge in [0.05, 0.1) is 18.6 Å². The van der Waals surface area contributed by atoms with Crippen molar-refractivity contribution < 1.29 is 27.5 Å². The van der Waals surface area contributed by atoms with Crippen molar-refractivity contribution in [2.45, 2.75) is 19.8 Å². The van der Waals surface area contributed by atoms with Crippen LogP contribution in [-0.2, 0) is 21.2 Å². The van der Waals surface area contributed by atoms with Gasteiger partial charge in [0.15, 0.2) is 12.4 Å². The van der Waals surface area contributed by atoms with E-state index in [0.717, 1.165) is 11.8 Å². The second-order valence-electron chi connectivity index (χ2n) is 6.57. The molecule has 1 aromatic heterocycles. The fourth-order valence-corrected chi connectivity index (χ4v) is 4.17. The van der Waals surface area contributed by atoms with Gasteiger partial charge in [-0.25, -0.2) is 18.2 Å². The molecule has 0 N–H and O–H groups in total. The zero-order valence-electron chi connectivity index (χ0n) is 16.3. The van der Waals surface area contributed by atoms with E-state index in [4.69, 9.17) is 9.47 Å². The van der Waals surface area contributed by atoms with E-state index < -0.39 is 22.6 Å². The minimum atomic E-state index is -3.37. The van der Waals surface area contributed by atoms with Crippen LogP contribution in [0.1, 0.15) is 39.6 Å². The molecule has 9 heteroatoms. The summed E-state index contributed by atoms with van der Waals surface area (Å²) in [6.45, 7) is 2.10. The first-order valence-corrected chi connectivity index (χ1v) is 11.0. The van der Waals surface area contributed by atoms with E-state index in [2.05, 4.69) is 4.98 Å². The van der Waals surface area contributed by atoms with Gasteiger partial charge in [-0.15, -0.1) is 0 Å². The molecule has 29 heavy (non-hydrogen) atoms. The Morgan fingerprint density at radius 2 is 2.03 bits per heavy atom. The van der Waals surface area contributed by atoms with Gasteiger partial charge in [0.25, 0.3) is 0 Å². The normalized spacial score (nSPS) is 13.5. The molecule has 1 aliphatic rings. The first-order chi connectivity index (χ1) is 13.8. The van der Waals surface area contributed by atoms with E-state index in [1.807, 2.05) is 0 Å². The number of rotatable bonds is 7. The minimum absolute atomic E-state index is 0.149. The predicted molar refractivity (Wildman–Crippen MR) is 107 cm³/mol. The lowest BCUT2D eigenvalue weighted by atomic mass is 9.99. The summed E-state index contributed by atoms with van der Waals surface area (Å²) in [5, 5.41) is 0. The highest BCUT2D eigenvalue weighted by molar-refractivity contribution is 7.92. The summed E-state index contributed by atoms with van der Waals surface area (Å²) in [6.07, 6.45) is 4.01. The van der Waals surface area contributed by atoms with Gasteiger partial charge in [-0.2, -0.15) is 0 Å². The molecular formula is C20H22N2O6S. The lowest BCUT2D eigenvalue weighted by molar-refractivity contribution is 0.0470. The summed E-state index contributed by atoms with van der Waals surface area (Å²) >= 11 is 0. The van der Waals surface area contributed by atoms with Gasteiger partial charge in [0.1, 0.15) is 5.56 Å². The van der Waals surface area contributed by atoms with Crippen molar-refractivity contribution in [2.75, 3.05) is 30.3 Å². The number of esters is 1. The average Bonchev–Trinajstić information content (AvgIpc) is 2.70. The number of hydrogen-bond donors (Lipinski definition) is 0. The van der Waals surface area contributed by atoms with Crippen LogP contribution in [0.2, 0.25) is 0 Å². The molecule has 0 aliphatic carbocycles. The Hall–Kier alpha value is -2.94.